The second kappa shape index (κ2) is 13.6. The zero-order valence-corrected chi connectivity index (χ0v) is 25.0. The number of amides is 2. The minimum absolute atomic E-state index is 0.0191. The van der Waals surface area contributed by atoms with Crippen molar-refractivity contribution in [2.45, 2.75) is 45.6 Å². The molecule has 1 saturated carbocycles. The summed E-state index contributed by atoms with van der Waals surface area (Å²) in [6.45, 7) is 4.28. The zero-order valence-electron chi connectivity index (χ0n) is 24.2. The summed E-state index contributed by atoms with van der Waals surface area (Å²) >= 11 is 0. The fourth-order valence-electron chi connectivity index (χ4n) is 4.95. The molecule has 0 bridgehead atoms. The molecule has 0 saturated heterocycles. The van der Waals surface area contributed by atoms with E-state index in [1.165, 1.54) is 6.07 Å². The quantitative estimate of drug-likeness (QED) is 0.125. The summed E-state index contributed by atoms with van der Waals surface area (Å²) in [5.74, 6) is -2.00. The molecule has 43 heavy (non-hydrogen) atoms. The largest absolute Gasteiger partial charge is 0.478 e. The van der Waals surface area contributed by atoms with Crippen molar-refractivity contribution in [3.63, 3.8) is 0 Å². The molecular weight excluding hydrogens is 572 g/mol. The van der Waals surface area contributed by atoms with Gasteiger partial charge in [0.1, 0.15) is 5.84 Å². The van der Waals surface area contributed by atoms with E-state index in [-0.39, 0.29) is 39.9 Å². The molecule has 0 aliphatic heterocycles. The monoisotopic (exact) mass is 608 g/mol. The van der Waals surface area contributed by atoms with E-state index in [1.54, 1.807) is 60.7 Å². The minimum atomic E-state index is -3.67. The van der Waals surface area contributed by atoms with E-state index in [2.05, 4.69) is 24.5 Å². The highest BCUT2D eigenvalue weighted by Gasteiger charge is 2.33. The molecule has 0 aromatic heterocycles. The highest BCUT2D eigenvalue weighted by atomic mass is 32.2. The molecule has 1 fully saturated rings. The zero-order chi connectivity index (χ0) is 31.9. The van der Waals surface area contributed by atoms with E-state index in [4.69, 9.17) is 15.7 Å². The Bertz CT molecular complexity index is 1630. The molecule has 0 spiro atoms. The summed E-state index contributed by atoms with van der Waals surface area (Å²) in [6, 6.07) is 17.8. The van der Waals surface area contributed by atoms with Gasteiger partial charge in [-0.1, -0.05) is 51.0 Å². The van der Waals surface area contributed by atoms with Crippen LogP contribution in [0.5, 0.6) is 0 Å². The number of nitrogen functional groups attached to an aromatic ring is 1. The van der Waals surface area contributed by atoms with Crippen molar-refractivity contribution in [3.8, 4) is 11.1 Å². The molecule has 11 nitrogen and oxygen atoms in total. The SMILES string of the molecule is CC1(C)CCCCC1NC(=O)c1ccc(-c2ccccc2C(=O)Nc2ccc(C(=N)N)cc2)c(C(=O)O)c1.CS(=O)(=O)O. The number of hydrogen-bond donors (Lipinski definition) is 6. The topological polar surface area (TPSA) is 200 Å². The Balaban J connectivity index is 0.000000934. The van der Waals surface area contributed by atoms with E-state index >= 15 is 0 Å². The maximum Gasteiger partial charge on any atom is 0.336 e. The first-order chi connectivity index (χ1) is 20.1. The summed E-state index contributed by atoms with van der Waals surface area (Å²) in [4.78, 5) is 38.5. The van der Waals surface area contributed by atoms with Crippen LogP contribution in [0.1, 0.15) is 76.2 Å². The number of aromatic carboxylic acids is 1. The molecule has 2 amide bonds. The molecule has 1 unspecified atom stereocenters. The smallest absolute Gasteiger partial charge is 0.336 e. The maximum absolute atomic E-state index is 13.2. The van der Waals surface area contributed by atoms with Crippen molar-refractivity contribution < 1.29 is 32.5 Å². The van der Waals surface area contributed by atoms with Gasteiger partial charge in [0.2, 0.25) is 0 Å². The van der Waals surface area contributed by atoms with Crippen LogP contribution in [-0.2, 0) is 10.1 Å². The summed E-state index contributed by atoms with van der Waals surface area (Å²) in [7, 11) is -3.67. The van der Waals surface area contributed by atoms with Crippen molar-refractivity contribution in [1.29, 1.82) is 5.41 Å². The number of nitrogens with two attached hydrogens (primary N) is 1. The van der Waals surface area contributed by atoms with Crippen LogP contribution in [0.3, 0.4) is 0 Å². The molecule has 0 radical (unpaired) electrons. The third kappa shape index (κ3) is 9.22. The van der Waals surface area contributed by atoms with Gasteiger partial charge in [-0.05, 0) is 71.8 Å². The summed E-state index contributed by atoms with van der Waals surface area (Å²) < 4.78 is 25.9. The molecule has 12 heteroatoms. The maximum atomic E-state index is 13.2. The van der Waals surface area contributed by atoms with Crippen LogP contribution in [-0.4, -0.2) is 54.0 Å². The lowest BCUT2D eigenvalue weighted by atomic mass is 9.73. The van der Waals surface area contributed by atoms with Crippen LogP contribution in [0.25, 0.3) is 11.1 Å². The second-order valence-corrected chi connectivity index (χ2v) is 12.5. The third-order valence-corrected chi connectivity index (χ3v) is 7.24. The normalized spacial score (nSPS) is 15.8. The Hall–Kier alpha value is -4.55. The predicted molar refractivity (Wildman–Crippen MR) is 165 cm³/mol. The number of nitrogens with one attached hydrogen (secondary N) is 3. The van der Waals surface area contributed by atoms with Crippen molar-refractivity contribution in [2.75, 3.05) is 11.6 Å². The standard InChI is InChI=1S/C30H32N4O4.CH4O3S/c1-30(2)16-6-5-9-25(30)34-27(35)19-12-15-22(24(17-19)29(37)38)21-7-3-4-8-23(21)28(36)33-20-13-10-18(11-14-20)26(31)32;1-5(2,3)4/h3-4,7-8,10-15,17,25H,5-6,9,16H2,1-2H3,(H3,31,32)(H,33,36)(H,34,35)(H,37,38);1H3,(H,2,3,4). The van der Waals surface area contributed by atoms with Gasteiger partial charge < -0.3 is 21.5 Å². The Labute approximate surface area is 250 Å². The molecule has 228 valence electrons. The highest BCUT2D eigenvalue weighted by Crippen LogP contribution is 2.36. The number of carbonyl (C=O) groups excluding carboxylic acids is 2. The second-order valence-electron chi connectivity index (χ2n) is 11.0. The fraction of sp³-hybridized carbons (Fsp3) is 0.290. The van der Waals surface area contributed by atoms with Crippen LogP contribution in [0.2, 0.25) is 0 Å². The number of carbonyl (C=O) groups is 3. The van der Waals surface area contributed by atoms with Crippen molar-refractivity contribution in [3.05, 3.63) is 89.0 Å². The Morgan fingerprint density at radius 3 is 2.07 bits per heavy atom. The van der Waals surface area contributed by atoms with Gasteiger partial charge in [0.05, 0.1) is 11.8 Å². The minimum Gasteiger partial charge on any atom is -0.478 e. The number of carboxylic acids is 1. The van der Waals surface area contributed by atoms with Gasteiger partial charge >= 0.3 is 5.97 Å². The van der Waals surface area contributed by atoms with Gasteiger partial charge in [-0.2, -0.15) is 8.42 Å². The number of rotatable bonds is 7. The summed E-state index contributed by atoms with van der Waals surface area (Å²) in [5.41, 5.74) is 7.76. The first-order valence-corrected chi connectivity index (χ1v) is 15.4. The van der Waals surface area contributed by atoms with Crippen LogP contribution in [0, 0.1) is 10.8 Å². The third-order valence-electron chi connectivity index (χ3n) is 7.24. The lowest BCUT2D eigenvalue weighted by molar-refractivity contribution is 0.0697. The van der Waals surface area contributed by atoms with Crippen molar-refractivity contribution in [2.24, 2.45) is 11.1 Å². The molecular formula is C31H36N4O7S. The average molecular weight is 609 g/mol. The number of anilines is 1. The number of hydrogen-bond acceptors (Lipinski definition) is 6. The van der Waals surface area contributed by atoms with Crippen LogP contribution >= 0.6 is 0 Å². The first-order valence-electron chi connectivity index (χ1n) is 13.5. The average Bonchev–Trinajstić information content (AvgIpc) is 2.93. The number of amidine groups is 1. The van der Waals surface area contributed by atoms with Gasteiger partial charge in [-0.3, -0.25) is 19.6 Å². The van der Waals surface area contributed by atoms with E-state index in [0.717, 1.165) is 25.7 Å². The van der Waals surface area contributed by atoms with Gasteiger partial charge in [-0.15, -0.1) is 0 Å². The summed E-state index contributed by atoms with van der Waals surface area (Å²) in [6.07, 6.45) is 4.81. The van der Waals surface area contributed by atoms with Gasteiger partial charge in [0.15, 0.2) is 0 Å². The number of benzene rings is 3. The first kappa shape index (κ1) is 33.0. The molecule has 1 atom stereocenters. The molecule has 1 aliphatic carbocycles. The van der Waals surface area contributed by atoms with Crippen molar-refractivity contribution in [1.82, 2.24) is 5.32 Å². The highest BCUT2D eigenvalue weighted by molar-refractivity contribution is 7.85. The molecule has 0 heterocycles. The van der Waals surface area contributed by atoms with Crippen LogP contribution in [0.4, 0.5) is 5.69 Å². The summed E-state index contributed by atoms with van der Waals surface area (Å²) in [5, 5.41) is 23.4. The Morgan fingerprint density at radius 2 is 1.49 bits per heavy atom. The number of carboxylic acid groups (broad SMARTS) is 1. The van der Waals surface area contributed by atoms with Crippen LogP contribution < -0.4 is 16.4 Å². The van der Waals surface area contributed by atoms with Gasteiger partial charge in [-0.25, -0.2) is 4.79 Å². The van der Waals surface area contributed by atoms with Crippen molar-refractivity contribution >= 4 is 39.4 Å². The fourth-order valence-corrected chi connectivity index (χ4v) is 4.95. The lowest BCUT2D eigenvalue weighted by Gasteiger charge is -2.39. The van der Waals surface area contributed by atoms with Crippen LogP contribution in [0.15, 0.2) is 66.7 Å². The molecule has 7 N–H and O–H groups in total. The molecule has 3 aromatic carbocycles. The van der Waals surface area contributed by atoms with E-state index in [1.807, 2.05) is 0 Å². The Morgan fingerprint density at radius 1 is 0.907 bits per heavy atom. The lowest BCUT2D eigenvalue weighted by Crippen LogP contribution is -2.46. The van der Waals surface area contributed by atoms with E-state index in [9.17, 15) is 27.9 Å². The predicted octanol–water partition coefficient (Wildman–Crippen LogP) is 4.79. The van der Waals surface area contributed by atoms with Gasteiger partial charge in [0.25, 0.3) is 21.9 Å². The van der Waals surface area contributed by atoms with E-state index in [0.29, 0.717) is 28.6 Å². The van der Waals surface area contributed by atoms with Gasteiger partial charge in [0, 0.05) is 28.4 Å². The molecule has 3 aromatic rings. The Kier molecular flexibility index (Phi) is 10.4. The molecule has 4 rings (SSSR count). The van der Waals surface area contributed by atoms with E-state index < -0.39 is 22.0 Å². The molecule has 1 aliphatic rings.